The Morgan fingerprint density at radius 3 is 2.04 bits per heavy atom. The van der Waals surface area contributed by atoms with Crippen LogP contribution in [0.25, 0.3) is 0 Å². The maximum atomic E-state index is 14.4. The number of likely N-dealkylation sites (N-methyl/N-ethyl adjacent to an activating group) is 1. The Bertz CT molecular complexity index is 1220. The van der Waals surface area contributed by atoms with Crippen LogP contribution in [0.3, 0.4) is 0 Å². The minimum absolute atomic E-state index is 0.0524. The Kier molecular flexibility index (Phi) is 19.1. The van der Waals surface area contributed by atoms with Crippen molar-refractivity contribution < 1.29 is 33.4 Å². The molecule has 4 aliphatic rings. The Hall–Kier alpha value is -2.81. The molecule has 4 rings (SSSR count). The van der Waals surface area contributed by atoms with E-state index >= 15 is 0 Å². The second-order valence-electron chi connectivity index (χ2n) is 16.8. The van der Waals surface area contributed by atoms with Gasteiger partial charge in [0.25, 0.3) is 0 Å². The molecule has 2 heterocycles. The van der Waals surface area contributed by atoms with Gasteiger partial charge in [0.1, 0.15) is 24.2 Å². The predicted octanol–water partition coefficient (Wildman–Crippen LogP) is 2.67. The number of unbranched alkanes of at least 4 members (excludes halogenated alkanes) is 1. The average molecular weight is 776 g/mol. The predicted molar refractivity (Wildman–Crippen MR) is 212 cm³/mol. The van der Waals surface area contributed by atoms with E-state index in [1.807, 2.05) is 20.8 Å². The summed E-state index contributed by atoms with van der Waals surface area (Å²) in [5.41, 5.74) is 6.10. The van der Waals surface area contributed by atoms with E-state index in [4.69, 9.17) is 15.2 Å². The Morgan fingerprint density at radius 1 is 0.764 bits per heavy atom. The molecule has 0 radical (unpaired) electrons. The van der Waals surface area contributed by atoms with Crippen molar-refractivity contribution in [3.8, 4) is 0 Å². The minimum Gasteiger partial charge on any atom is -0.375 e. The second kappa shape index (κ2) is 23.4. The quantitative estimate of drug-likeness (QED) is 0.181. The Labute approximate surface area is 329 Å². The van der Waals surface area contributed by atoms with E-state index in [1.165, 1.54) is 6.42 Å². The van der Waals surface area contributed by atoms with Crippen molar-refractivity contribution in [1.29, 1.82) is 0 Å². The molecule has 55 heavy (non-hydrogen) atoms. The van der Waals surface area contributed by atoms with E-state index in [0.717, 1.165) is 103 Å². The third-order valence-corrected chi connectivity index (χ3v) is 12.4. The number of nitrogens with one attached hydrogen (secondary N) is 5. The zero-order valence-corrected chi connectivity index (χ0v) is 34.2. The highest BCUT2D eigenvalue weighted by Crippen LogP contribution is 2.31. The molecule has 0 aromatic rings. The molecule has 0 aromatic heterocycles. The van der Waals surface area contributed by atoms with Crippen LogP contribution in [0.15, 0.2) is 0 Å². The SMILES string of the molecule is CCCC[C@H]1C(=O)N[C@@H](C2CCCCCC2)C(=O)N[C@@H](CN)C(=O)N[C@@H](COC2CCNCC2)C(=O)N[C@H](C)CO[C@H](CC2CCCCC2)[C@@H](C)C(=O)N1C. The van der Waals surface area contributed by atoms with E-state index in [-0.39, 0.29) is 43.6 Å². The zero-order chi connectivity index (χ0) is 39.7. The fraction of sp³-hybridized carbons (Fsp3) is 0.878. The summed E-state index contributed by atoms with van der Waals surface area (Å²) in [4.78, 5) is 72.2. The lowest BCUT2D eigenvalue weighted by atomic mass is 9.82. The molecule has 2 aliphatic heterocycles. The van der Waals surface area contributed by atoms with Crippen molar-refractivity contribution in [1.82, 2.24) is 31.5 Å². The van der Waals surface area contributed by atoms with Crippen LogP contribution in [-0.4, -0.2) is 117 Å². The summed E-state index contributed by atoms with van der Waals surface area (Å²) >= 11 is 0. The zero-order valence-electron chi connectivity index (χ0n) is 34.2. The van der Waals surface area contributed by atoms with Gasteiger partial charge in [0, 0.05) is 19.6 Å². The summed E-state index contributed by atoms with van der Waals surface area (Å²) in [7, 11) is 1.68. The van der Waals surface area contributed by atoms with E-state index < -0.39 is 60.0 Å². The summed E-state index contributed by atoms with van der Waals surface area (Å²) in [6.45, 7) is 7.27. The van der Waals surface area contributed by atoms with Crippen LogP contribution >= 0.6 is 0 Å². The van der Waals surface area contributed by atoms with Crippen LogP contribution in [-0.2, 0) is 33.4 Å². The Balaban J connectivity index is 1.67. The molecule has 2 saturated carbocycles. The van der Waals surface area contributed by atoms with Gasteiger partial charge >= 0.3 is 0 Å². The molecule has 0 unspecified atom stereocenters. The van der Waals surface area contributed by atoms with E-state index in [9.17, 15) is 24.0 Å². The van der Waals surface area contributed by atoms with Gasteiger partial charge in [-0.15, -0.1) is 0 Å². The summed E-state index contributed by atoms with van der Waals surface area (Å²) in [5, 5.41) is 15.0. The number of amides is 5. The molecule has 314 valence electrons. The molecule has 7 N–H and O–H groups in total. The highest BCUT2D eigenvalue weighted by Gasteiger charge is 2.39. The van der Waals surface area contributed by atoms with Crippen LogP contribution in [0, 0.1) is 17.8 Å². The van der Waals surface area contributed by atoms with Gasteiger partial charge in [-0.3, -0.25) is 24.0 Å². The summed E-state index contributed by atoms with van der Waals surface area (Å²) in [6, 6.07) is -4.38. The van der Waals surface area contributed by atoms with Crippen molar-refractivity contribution in [3.63, 3.8) is 0 Å². The molecule has 4 fully saturated rings. The molecule has 14 nitrogen and oxygen atoms in total. The lowest BCUT2D eigenvalue weighted by Gasteiger charge is -2.36. The van der Waals surface area contributed by atoms with Gasteiger partial charge in [0.05, 0.1) is 31.3 Å². The first kappa shape index (κ1) is 44.9. The molecule has 0 spiro atoms. The lowest BCUT2D eigenvalue weighted by molar-refractivity contribution is -0.147. The number of nitrogens with zero attached hydrogens (tertiary/aromatic N) is 1. The molecular weight excluding hydrogens is 702 g/mol. The molecule has 5 amide bonds. The normalized spacial score (nSPS) is 31.6. The van der Waals surface area contributed by atoms with Crippen molar-refractivity contribution in [2.45, 2.75) is 172 Å². The fourth-order valence-corrected chi connectivity index (χ4v) is 8.79. The number of piperidine rings is 1. The molecular formula is C41H73N7O7. The molecule has 2 saturated heterocycles. The maximum Gasteiger partial charge on any atom is 0.245 e. The standard InChI is InChI=1S/C41H73N7O7/c1-5-6-18-34-39(51)47-36(30-16-12-7-8-13-17-30)40(52)45-32(24-42)37(49)46-33(26-54-31-19-21-43-22-20-31)38(50)44-27(2)25-55-35(28(3)41(53)48(34)4)23-29-14-10-9-11-15-29/h27-36,43H,5-26,42H2,1-4H3,(H,44,50)(H,45,52)(H,46,49)(H,47,51)/t27-,28-,32+,33+,34+,35-,36+/m1/s1. The number of hydrogen-bond donors (Lipinski definition) is 6. The second-order valence-corrected chi connectivity index (χ2v) is 16.8. The highest BCUT2D eigenvalue weighted by atomic mass is 16.5. The third-order valence-electron chi connectivity index (χ3n) is 12.4. The lowest BCUT2D eigenvalue weighted by Crippen LogP contribution is -2.62. The summed E-state index contributed by atoms with van der Waals surface area (Å²) < 4.78 is 12.7. The summed E-state index contributed by atoms with van der Waals surface area (Å²) in [6.07, 6.45) is 14.9. The number of carbonyl (C=O) groups excluding carboxylic acids is 5. The van der Waals surface area contributed by atoms with Gasteiger partial charge in [0.2, 0.25) is 29.5 Å². The van der Waals surface area contributed by atoms with Crippen molar-refractivity contribution in [2.75, 3.05) is 39.9 Å². The van der Waals surface area contributed by atoms with Gasteiger partial charge in [-0.25, -0.2) is 0 Å². The molecule has 7 atom stereocenters. The first-order valence-corrected chi connectivity index (χ1v) is 21.6. The summed E-state index contributed by atoms with van der Waals surface area (Å²) in [5.74, 6) is -2.39. The van der Waals surface area contributed by atoms with Gasteiger partial charge < -0.3 is 46.7 Å². The largest absolute Gasteiger partial charge is 0.375 e. The number of nitrogens with two attached hydrogens (primary N) is 1. The number of carbonyl (C=O) groups is 5. The van der Waals surface area contributed by atoms with Crippen LogP contribution in [0.2, 0.25) is 0 Å². The van der Waals surface area contributed by atoms with E-state index in [2.05, 4.69) is 26.6 Å². The number of ether oxygens (including phenoxy) is 2. The highest BCUT2D eigenvalue weighted by molar-refractivity contribution is 5.96. The first-order chi connectivity index (χ1) is 26.5. The van der Waals surface area contributed by atoms with Crippen LogP contribution in [0.5, 0.6) is 0 Å². The molecule has 2 aliphatic carbocycles. The number of hydrogen-bond acceptors (Lipinski definition) is 9. The van der Waals surface area contributed by atoms with Crippen molar-refractivity contribution in [3.05, 3.63) is 0 Å². The van der Waals surface area contributed by atoms with Crippen molar-refractivity contribution >= 4 is 29.5 Å². The van der Waals surface area contributed by atoms with Crippen LogP contribution < -0.4 is 32.3 Å². The third kappa shape index (κ3) is 14.0. The fourth-order valence-electron chi connectivity index (χ4n) is 8.79. The van der Waals surface area contributed by atoms with E-state index in [0.29, 0.717) is 18.8 Å². The smallest absolute Gasteiger partial charge is 0.245 e. The van der Waals surface area contributed by atoms with Crippen molar-refractivity contribution in [2.24, 2.45) is 23.5 Å². The van der Waals surface area contributed by atoms with Gasteiger partial charge in [0.15, 0.2) is 0 Å². The minimum atomic E-state index is -1.16. The molecule has 14 heteroatoms. The Morgan fingerprint density at radius 2 is 1.38 bits per heavy atom. The van der Waals surface area contributed by atoms with Gasteiger partial charge in [-0.05, 0) is 70.4 Å². The maximum absolute atomic E-state index is 14.4. The molecule has 0 bridgehead atoms. The van der Waals surface area contributed by atoms with E-state index in [1.54, 1.807) is 11.9 Å². The van der Waals surface area contributed by atoms with Crippen LogP contribution in [0.1, 0.15) is 130 Å². The topological polar surface area (TPSA) is 193 Å². The molecule has 0 aromatic carbocycles. The van der Waals surface area contributed by atoms with Gasteiger partial charge in [-0.1, -0.05) is 84.5 Å². The first-order valence-electron chi connectivity index (χ1n) is 21.6. The van der Waals surface area contributed by atoms with Crippen LogP contribution in [0.4, 0.5) is 0 Å². The average Bonchev–Trinajstić information content (AvgIpc) is 3.48. The monoisotopic (exact) mass is 776 g/mol. The number of rotatable bonds is 10. The van der Waals surface area contributed by atoms with Gasteiger partial charge in [-0.2, -0.15) is 0 Å².